The summed E-state index contributed by atoms with van der Waals surface area (Å²) in [4.78, 5) is 26.6. The number of H-pyrrole nitrogens is 1. The Labute approximate surface area is 133 Å². The van der Waals surface area contributed by atoms with Gasteiger partial charge in [-0.05, 0) is 36.6 Å². The third kappa shape index (κ3) is 3.16. The highest BCUT2D eigenvalue weighted by atomic mass is 16.5. The van der Waals surface area contributed by atoms with Gasteiger partial charge in [-0.1, -0.05) is 6.42 Å². The molecule has 1 aliphatic rings. The van der Waals surface area contributed by atoms with Gasteiger partial charge in [0.2, 0.25) is 5.91 Å². The predicted octanol–water partition coefficient (Wildman–Crippen LogP) is 2.09. The van der Waals surface area contributed by atoms with Crippen molar-refractivity contribution in [3.8, 4) is 5.75 Å². The molecule has 6 heteroatoms. The molecular formula is C17H20N2O4. The van der Waals surface area contributed by atoms with Crippen molar-refractivity contribution in [3.63, 3.8) is 0 Å². The van der Waals surface area contributed by atoms with Crippen molar-refractivity contribution < 1.29 is 19.4 Å². The molecule has 1 fully saturated rings. The first kappa shape index (κ1) is 15.4. The fourth-order valence-electron chi connectivity index (χ4n) is 3.29. The molecule has 1 aromatic carbocycles. The van der Waals surface area contributed by atoms with E-state index in [0.29, 0.717) is 6.42 Å². The number of fused-ring (bicyclic) bond motifs is 1. The molecule has 1 saturated carbocycles. The molecule has 1 aromatic heterocycles. The topological polar surface area (TPSA) is 91.4 Å². The maximum atomic E-state index is 12.3. The molecule has 0 spiro atoms. The molecule has 122 valence electrons. The van der Waals surface area contributed by atoms with E-state index in [9.17, 15) is 14.7 Å². The molecule has 2 aromatic rings. The number of carbonyl (C=O) groups is 2. The molecule has 0 saturated heterocycles. The van der Waals surface area contributed by atoms with Crippen molar-refractivity contribution in [1.29, 1.82) is 0 Å². The lowest BCUT2D eigenvalue weighted by Crippen LogP contribution is -2.40. The Morgan fingerprint density at radius 1 is 1.39 bits per heavy atom. The molecule has 0 aliphatic heterocycles. The minimum atomic E-state index is -0.829. The van der Waals surface area contributed by atoms with E-state index >= 15 is 0 Å². The summed E-state index contributed by atoms with van der Waals surface area (Å²) < 4.78 is 5.22. The van der Waals surface area contributed by atoms with Crippen molar-refractivity contribution in [2.45, 2.75) is 31.7 Å². The summed E-state index contributed by atoms with van der Waals surface area (Å²) in [6.07, 6.45) is 4.23. The maximum absolute atomic E-state index is 12.3. The molecule has 0 unspecified atom stereocenters. The van der Waals surface area contributed by atoms with E-state index in [1.807, 2.05) is 24.4 Å². The van der Waals surface area contributed by atoms with E-state index in [2.05, 4.69) is 10.3 Å². The Balaban J connectivity index is 1.71. The average Bonchev–Trinajstić information content (AvgIpc) is 3.14. The number of amides is 1. The molecule has 1 heterocycles. The monoisotopic (exact) mass is 316 g/mol. The molecule has 1 aliphatic carbocycles. The van der Waals surface area contributed by atoms with Gasteiger partial charge in [0.05, 0.1) is 19.4 Å². The van der Waals surface area contributed by atoms with Crippen molar-refractivity contribution >= 4 is 22.8 Å². The number of methoxy groups -OCH3 is 1. The number of ether oxygens (including phenoxy) is 1. The van der Waals surface area contributed by atoms with Gasteiger partial charge < -0.3 is 20.1 Å². The quantitative estimate of drug-likeness (QED) is 0.787. The Bertz CT molecular complexity index is 737. The molecule has 0 bridgehead atoms. The number of aromatic amines is 1. The highest BCUT2D eigenvalue weighted by molar-refractivity contribution is 5.90. The van der Waals surface area contributed by atoms with Gasteiger partial charge in [0.1, 0.15) is 5.75 Å². The van der Waals surface area contributed by atoms with Crippen LogP contribution in [-0.2, 0) is 16.0 Å². The zero-order chi connectivity index (χ0) is 16.4. The Hall–Kier alpha value is -2.50. The summed E-state index contributed by atoms with van der Waals surface area (Å²) in [7, 11) is 1.60. The first-order valence-corrected chi connectivity index (χ1v) is 7.74. The van der Waals surface area contributed by atoms with Gasteiger partial charge in [0.25, 0.3) is 0 Å². The van der Waals surface area contributed by atoms with Gasteiger partial charge in [-0.25, -0.2) is 0 Å². The highest BCUT2D eigenvalue weighted by Gasteiger charge is 2.33. The maximum Gasteiger partial charge on any atom is 0.308 e. The predicted molar refractivity (Wildman–Crippen MR) is 85.5 cm³/mol. The third-order valence-corrected chi connectivity index (χ3v) is 4.51. The number of hydrogen-bond acceptors (Lipinski definition) is 3. The molecule has 23 heavy (non-hydrogen) atoms. The Morgan fingerprint density at radius 3 is 2.96 bits per heavy atom. The third-order valence-electron chi connectivity index (χ3n) is 4.51. The van der Waals surface area contributed by atoms with Gasteiger partial charge in [-0.3, -0.25) is 9.59 Å². The molecular weight excluding hydrogens is 296 g/mol. The first-order valence-electron chi connectivity index (χ1n) is 7.74. The van der Waals surface area contributed by atoms with Gasteiger partial charge in [-0.2, -0.15) is 0 Å². The van der Waals surface area contributed by atoms with Crippen LogP contribution in [0.2, 0.25) is 0 Å². The number of rotatable bonds is 5. The van der Waals surface area contributed by atoms with Gasteiger partial charge in [0, 0.05) is 23.1 Å². The SMILES string of the molecule is COc1ccc2[nH]cc(CC(=O)N[C@@H]3CCC[C@@H]3C(=O)O)c2c1. The van der Waals surface area contributed by atoms with Crippen LogP contribution in [0, 0.1) is 5.92 Å². The van der Waals surface area contributed by atoms with E-state index < -0.39 is 11.9 Å². The molecule has 3 N–H and O–H groups in total. The zero-order valence-corrected chi connectivity index (χ0v) is 13.0. The van der Waals surface area contributed by atoms with E-state index in [4.69, 9.17) is 4.74 Å². The van der Waals surface area contributed by atoms with Gasteiger partial charge in [-0.15, -0.1) is 0 Å². The number of carboxylic acids is 1. The zero-order valence-electron chi connectivity index (χ0n) is 13.0. The molecule has 2 atom stereocenters. The van der Waals surface area contributed by atoms with Crippen LogP contribution in [0.5, 0.6) is 5.75 Å². The number of carbonyl (C=O) groups excluding carboxylic acids is 1. The number of nitrogens with one attached hydrogen (secondary N) is 2. The fourth-order valence-corrected chi connectivity index (χ4v) is 3.29. The average molecular weight is 316 g/mol. The minimum absolute atomic E-state index is 0.146. The second-order valence-corrected chi connectivity index (χ2v) is 5.95. The molecule has 0 radical (unpaired) electrons. The summed E-state index contributed by atoms with van der Waals surface area (Å²) >= 11 is 0. The minimum Gasteiger partial charge on any atom is -0.497 e. The number of aromatic nitrogens is 1. The lowest BCUT2D eigenvalue weighted by atomic mass is 10.0. The van der Waals surface area contributed by atoms with E-state index in [-0.39, 0.29) is 18.4 Å². The van der Waals surface area contributed by atoms with Crippen LogP contribution in [0.3, 0.4) is 0 Å². The van der Waals surface area contributed by atoms with Crippen LogP contribution >= 0.6 is 0 Å². The normalized spacial score (nSPS) is 20.6. The lowest BCUT2D eigenvalue weighted by molar-refractivity contribution is -0.142. The van der Waals surface area contributed by atoms with Crippen LogP contribution in [0.4, 0.5) is 0 Å². The van der Waals surface area contributed by atoms with Crippen LogP contribution < -0.4 is 10.1 Å². The van der Waals surface area contributed by atoms with E-state index in [1.54, 1.807) is 7.11 Å². The number of benzene rings is 1. The standard InChI is InChI=1S/C17H20N2O4/c1-23-11-5-6-14-13(8-11)10(9-18-14)7-16(20)19-15-4-2-3-12(15)17(21)22/h5-6,8-9,12,15,18H,2-4,7H2,1H3,(H,19,20)(H,21,22)/t12-,15+/m0/s1. The largest absolute Gasteiger partial charge is 0.497 e. The highest BCUT2D eigenvalue weighted by Crippen LogP contribution is 2.27. The van der Waals surface area contributed by atoms with Crippen molar-refractivity contribution in [3.05, 3.63) is 30.0 Å². The van der Waals surface area contributed by atoms with E-state index in [0.717, 1.165) is 35.1 Å². The second-order valence-electron chi connectivity index (χ2n) is 5.95. The lowest BCUT2D eigenvalue weighted by Gasteiger charge is -2.17. The van der Waals surface area contributed by atoms with Gasteiger partial charge >= 0.3 is 5.97 Å². The van der Waals surface area contributed by atoms with Crippen LogP contribution in [0.25, 0.3) is 10.9 Å². The Kier molecular flexibility index (Phi) is 4.23. The molecule has 6 nitrogen and oxygen atoms in total. The number of carboxylic acid groups (broad SMARTS) is 1. The van der Waals surface area contributed by atoms with Crippen LogP contribution in [0.1, 0.15) is 24.8 Å². The first-order chi connectivity index (χ1) is 11.1. The summed E-state index contributed by atoms with van der Waals surface area (Å²) in [5.74, 6) is -0.709. The number of hydrogen-bond donors (Lipinski definition) is 3. The summed E-state index contributed by atoms with van der Waals surface area (Å²) in [6.45, 7) is 0. The van der Waals surface area contributed by atoms with Crippen molar-refractivity contribution in [1.82, 2.24) is 10.3 Å². The Morgan fingerprint density at radius 2 is 2.22 bits per heavy atom. The fraction of sp³-hybridized carbons (Fsp3) is 0.412. The summed E-state index contributed by atoms with van der Waals surface area (Å²) in [5, 5.41) is 13.0. The van der Waals surface area contributed by atoms with Crippen molar-refractivity contribution in [2.75, 3.05) is 7.11 Å². The van der Waals surface area contributed by atoms with Gasteiger partial charge in [0.15, 0.2) is 0 Å². The van der Waals surface area contributed by atoms with Crippen LogP contribution in [0.15, 0.2) is 24.4 Å². The van der Waals surface area contributed by atoms with Crippen molar-refractivity contribution in [2.24, 2.45) is 5.92 Å². The van der Waals surface area contributed by atoms with E-state index in [1.165, 1.54) is 0 Å². The summed E-state index contributed by atoms with van der Waals surface area (Å²) in [6, 6.07) is 5.40. The molecule has 3 rings (SSSR count). The molecule has 1 amide bonds. The summed E-state index contributed by atoms with van der Waals surface area (Å²) in [5.41, 5.74) is 1.82. The number of aliphatic carboxylic acids is 1. The second kappa shape index (κ2) is 6.32. The van der Waals surface area contributed by atoms with Crippen LogP contribution in [-0.4, -0.2) is 35.1 Å². The smallest absolute Gasteiger partial charge is 0.308 e.